The minimum absolute atomic E-state index is 0.366. The zero-order valence-corrected chi connectivity index (χ0v) is 10.2. The molecule has 2 N–H and O–H groups in total. The van der Waals surface area contributed by atoms with E-state index in [0.717, 1.165) is 3.57 Å². The molecule has 1 aromatic rings. The Balaban J connectivity index is 2.78. The molecule has 0 fully saturated rings. The van der Waals surface area contributed by atoms with Gasteiger partial charge in [-0.25, -0.2) is 0 Å². The predicted molar refractivity (Wildman–Crippen MR) is 63.7 cm³/mol. The van der Waals surface area contributed by atoms with Crippen LogP contribution in [0.2, 0.25) is 0 Å². The number of rotatable bonds is 3. The second-order valence-corrected chi connectivity index (χ2v) is 4.18. The number of benzene rings is 1. The fourth-order valence-corrected chi connectivity index (χ4v) is 1.61. The van der Waals surface area contributed by atoms with Crippen molar-refractivity contribution in [2.24, 2.45) is 0 Å². The number of carbonyl (C=O) groups is 2. The van der Waals surface area contributed by atoms with Crippen LogP contribution in [0, 0.1) is 3.57 Å². The Labute approximate surface area is 101 Å². The molecule has 0 spiro atoms. The van der Waals surface area contributed by atoms with E-state index in [2.05, 4.69) is 5.32 Å². The number of carboxylic acids is 1. The Hall–Kier alpha value is -1.11. The molecular formula is C10H10INO3. The van der Waals surface area contributed by atoms with Gasteiger partial charge in [-0.3, -0.25) is 9.59 Å². The summed E-state index contributed by atoms with van der Waals surface area (Å²) in [6, 6.07) is 6.13. The Morgan fingerprint density at radius 3 is 2.53 bits per heavy atom. The number of carboxylic acid groups (broad SMARTS) is 1. The maximum Gasteiger partial charge on any atom is 0.325 e. The molecule has 0 saturated heterocycles. The maximum absolute atomic E-state index is 11.6. The van der Waals surface area contributed by atoms with Gasteiger partial charge in [0.1, 0.15) is 6.04 Å². The zero-order valence-electron chi connectivity index (χ0n) is 8.03. The third-order valence-corrected chi connectivity index (χ3v) is 2.78. The van der Waals surface area contributed by atoms with Crippen LogP contribution in [0.3, 0.4) is 0 Å². The van der Waals surface area contributed by atoms with Gasteiger partial charge in [-0.15, -0.1) is 0 Å². The standard InChI is InChI=1S/C10H10INO3/c1-6(10(14)15)12-9(13)7-4-2-3-5-8(7)11/h2-6H,1H3,(H,12,13)(H,14,15). The Morgan fingerprint density at radius 2 is 2.00 bits per heavy atom. The number of carbonyl (C=O) groups excluding carboxylic acids is 1. The van der Waals surface area contributed by atoms with Crippen molar-refractivity contribution in [2.75, 3.05) is 0 Å². The topological polar surface area (TPSA) is 66.4 Å². The van der Waals surface area contributed by atoms with Gasteiger partial charge in [-0.05, 0) is 41.6 Å². The van der Waals surface area contributed by atoms with Crippen molar-refractivity contribution < 1.29 is 14.7 Å². The Morgan fingerprint density at radius 1 is 1.40 bits per heavy atom. The first-order valence-electron chi connectivity index (χ1n) is 4.30. The van der Waals surface area contributed by atoms with Crippen LogP contribution in [0.4, 0.5) is 0 Å². The molecule has 0 aromatic heterocycles. The molecule has 0 radical (unpaired) electrons. The highest BCUT2D eigenvalue weighted by Crippen LogP contribution is 2.11. The van der Waals surface area contributed by atoms with Crippen LogP contribution in [0.15, 0.2) is 24.3 Å². The van der Waals surface area contributed by atoms with Gasteiger partial charge in [0.05, 0.1) is 5.56 Å². The molecule has 0 aliphatic rings. The number of hydrogen-bond acceptors (Lipinski definition) is 2. The van der Waals surface area contributed by atoms with E-state index in [-0.39, 0.29) is 5.91 Å². The van der Waals surface area contributed by atoms with Crippen LogP contribution in [-0.2, 0) is 4.79 Å². The molecule has 1 atom stereocenters. The molecule has 5 heteroatoms. The first-order valence-corrected chi connectivity index (χ1v) is 5.38. The molecule has 0 bridgehead atoms. The van der Waals surface area contributed by atoms with Crippen LogP contribution >= 0.6 is 22.6 Å². The van der Waals surface area contributed by atoms with Gasteiger partial charge in [0.25, 0.3) is 5.91 Å². The van der Waals surface area contributed by atoms with Crippen LogP contribution in [-0.4, -0.2) is 23.0 Å². The van der Waals surface area contributed by atoms with E-state index in [9.17, 15) is 9.59 Å². The van der Waals surface area contributed by atoms with Crippen molar-refractivity contribution in [2.45, 2.75) is 13.0 Å². The lowest BCUT2D eigenvalue weighted by Gasteiger charge is -2.09. The Bertz CT molecular complexity index is 392. The van der Waals surface area contributed by atoms with Gasteiger partial charge >= 0.3 is 5.97 Å². The fourth-order valence-electron chi connectivity index (χ4n) is 0.981. The summed E-state index contributed by atoms with van der Waals surface area (Å²) < 4.78 is 0.796. The summed E-state index contributed by atoms with van der Waals surface area (Å²) in [4.78, 5) is 22.1. The number of amides is 1. The summed E-state index contributed by atoms with van der Waals surface area (Å²) in [7, 11) is 0. The van der Waals surface area contributed by atoms with Gasteiger partial charge in [-0.2, -0.15) is 0 Å². The molecular weight excluding hydrogens is 309 g/mol. The van der Waals surface area contributed by atoms with E-state index in [1.54, 1.807) is 18.2 Å². The molecule has 4 nitrogen and oxygen atoms in total. The van der Waals surface area contributed by atoms with Crippen LogP contribution in [0.1, 0.15) is 17.3 Å². The Kier molecular flexibility index (Phi) is 4.07. The summed E-state index contributed by atoms with van der Waals surface area (Å²) in [5.74, 6) is -1.41. The molecule has 0 heterocycles. The highest BCUT2D eigenvalue weighted by Gasteiger charge is 2.16. The molecule has 1 rings (SSSR count). The van der Waals surface area contributed by atoms with Gasteiger partial charge in [0.15, 0.2) is 0 Å². The van der Waals surface area contributed by atoms with Gasteiger partial charge < -0.3 is 10.4 Å². The fraction of sp³-hybridized carbons (Fsp3) is 0.200. The molecule has 1 amide bonds. The summed E-state index contributed by atoms with van der Waals surface area (Å²) in [5, 5.41) is 11.0. The summed E-state index contributed by atoms with van der Waals surface area (Å²) >= 11 is 2.03. The third kappa shape index (κ3) is 3.19. The number of halogens is 1. The summed E-state index contributed by atoms with van der Waals surface area (Å²) in [5.41, 5.74) is 0.492. The molecule has 15 heavy (non-hydrogen) atoms. The molecule has 0 saturated carbocycles. The van der Waals surface area contributed by atoms with Gasteiger partial charge in [0, 0.05) is 3.57 Å². The number of aliphatic carboxylic acids is 1. The van der Waals surface area contributed by atoms with Crippen molar-refractivity contribution in [3.8, 4) is 0 Å². The van der Waals surface area contributed by atoms with Crippen molar-refractivity contribution in [1.82, 2.24) is 5.32 Å². The predicted octanol–water partition coefficient (Wildman–Crippen LogP) is 1.49. The quantitative estimate of drug-likeness (QED) is 0.830. The van der Waals surface area contributed by atoms with Crippen molar-refractivity contribution in [3.05, 3.63) is 33.4 Å². The van der Waals surface area contributed by atoms with E-state index < -0.39 is 12.0 Å². The average Bonchev–Trinajstić information content (AvgIpc) is 2.18. The van der Waals surface area contributed by atoms with E-state index in [4.69, 9.17) is 5.11 Å². The summed E-state index contributed by atoms with van der Waals surface area (Å²) in [6.45, 7) is 1.43. The molecule has 0 aliphatic carbocycles. The SMILES string of the molecule is CC(NC(=O)c1ccccc1I)C(=O)O. The van der Waals surface area contributed by atoms with Crippen LogP contribution < -0.4 is 5.32 Å². The van der Waals surface area contributed by atoms with E-state index in [1.807, 2.05) is 28.7 Å². The van der Waals surface area contributed by atoms with Gasteiger partial charge in [-0.1, -0.05) is 12.1 Å². The minimum atomic E-state index is -1.05. The first kappa shape index (κ1) is 12.0. The molecule has 1 aromatic carbocycles. The van der Waals surface area contributed by atoms with Gasteiger partial charge in [0.2, 0.25) is 0 Å². The lowest BCUT2D eigenvalue weighted by Crippen LogP contribution is -2.38. The largest absolute Gasteiger partial charge is 0.480 e. The second kappa shape index (κ2) is 5.11. The second-order valence-electron chi connectivity index (χ2n) is 3.01. The zero-order chi connectivity index (χ0) is 11.4. The molecule has 1 unspecified atom stereocenters. The average molecular weight is 319 g/mol. The lowest BCUT2D eigenvalue weighted by atomic mass is 10.2. The summed E-state index contributed by atoms with van der Waals surface area (Å²) in [6.07, 6.45) is 0. The molecule has 0 aliphatic heterocycles. The van der Waals surface area contributed by atoms with Crippen molar-refractivity contribution >= 4 is 34.5 Å². The number of hydrogen-bond donors (Lipinski definition) is 2. The van der Waals surface area contributed by atoms with Crippen LogP contribution in [0.25, 0.3) is 0 Å². The number of nitrogens with one attached hydrogen (secondary N) is 1. The van der Waals surface area contributed by atoms with Crippen molar-refractivity contribution in [1.29, 1.82) is 0 Å². The normalized spacial score (nSPS) is 11.9. The van der Waals surface area contributed by atoms with E-state index in [0.29, 0.717) is 5.56 Å². The smallest absolute Gasteiger partial charge is 0.325 e. The monoisotopic (exact) mass is 319 g/mol. The van der Waals surface area contributed by atoms with E-state index >= 15 is 0 Å². The first-order chi connectivity index (χ1) is 7.02. The minimum Gasteiger partial charge on any atom is -0.480 e. The van der Waals surface area contributed by atoms with Crippen LogP contribution in [0.5, 0.6) is 0 Å². The molecule has 80 valence electrons. The highest BCUT2D eigenvalue weighted by molar-refractivity contribution is 14.1. The lowest BCUT2D eigenvalue weighted by molar-refractivity contribution is -0.138. The maximum atomic E-state index is 11.6. The van der Waals surface area contributed by atoms with Crippen molar-refractivity contribution in [3.63, 3.8) is 0 Å². The highest BCUT2D eigenvalue weighted by atomic mass is 127. The van der Waals surface area contributed by atoms with E-state index in [1.165, 1.54) is 6.92 Å². The third-order valence-electron chi connectivity index (χ3n) is 1.84.